The van der Waals surface area contributed by atoms with Crippen LogP contribution in [0, 0.1) is 12.8 Å². The molecule has 1 unspecified atom stereocenters. The maximum Gasteiger partial charge on any atom is 0.291 e. The van der Waals surface area contributed by atoms with Crippen molar-refractivity contribution in [2.24, 2.45) is 5.92 Å². The first-order valence-electron chi connectivity index (χ1n) is 10.3. The van der Waals surface area contributed by atoms with E-state index in [9.17, 15) is 4.79 Å². The summed E-state index contributed by atoms with van der Waals surface area (Å²) in [6.07, 6.45) is 8.21. The van der Waals surface area contributed by atoms with E-state index in [1.54, 1.807) is 6.92 Å². The highest BCUT2D eigenvalue weighted by Gasteiger charge is 2.42. The molecular formula is C20H26N4O4. The van der Waals surface area contributed by atoms with E-state index in [1.807, 2.05) is 4.90 Å². The number of carbonyl (C=O) groups excluding carboxylic acids is 1. The van der Waals surface area contributed by atoms with Crippen molar-refractivity contribution in [1.29, 1.82) is 0 Å². The van der Waals surface area contributed by atoms with Crippen molar-refractivity contribution in [1.82, 2.24) is 20.0 Å². The topological polar surface area (TPSA) is 94.5 Å². The molecule has 1 saturated carbocycles. The third-order valence-corrected chi connectivity index (χ3v) is 6.39. The fraction of sp³-hybridized carbons (Fsp3) is 0.700. The summed E-state index contributed by atoms with van der Waals surface area (Å²) in [5.41, 5.74) is 0.500. The van der Waals surface area contributed by atoms with E-state index >= 15 is 0 Å². The normalized spacial score (nSPS) is 24.6. The van der Waals surface area contributed by atoms with Gasteiger partial charge in [0.25, 0.3) is 5.91 Å². The van der Waals surface area contributed by atoms with Gasteiger partial charge in [0.1, 0.15) is 0 Å². The SMILES string of the molecule is Cc1ncoc1C(=O)N1CCC2(CC1)CC(Cc1nc(C3CC3)no1)CCO2. The van der Waals surface area contributed by atoms with E-state index in [-0.39, 0.29) is 11.5 Å². The molecule has 8 nitrogen and oxygen atoms in total. The fourth-order valence-electron chi connectivity index (χ4n) is 4.53. The van der Waals surface area contributed by atoms with Crippen LogP contribution in [-0.4, -0.2) is 51.2 Å². The summed E-state index contributed by atoms with van der Waals surface area (Å²) >= 11 is 0. The molecule has 0 radical (unpaired) electrons. The number of nitrogens with zero attached hydrogens (tertiary/aromatic N) is 4. The van der Waals surface area contributed by atoms with Gasteiger partial charge in [0, 0.05) is 32.0 Å². The highest BCUT2D eigenvalue weighted by atomic mass is 16.5. The van der Waals surface area contributed by atoms with Gasteiger partial charge in [-0.2, -0.15) is 4.98 Å². The quantitative estimate of drug-likeness (QED) is 0.797. The lowest BCUT2D eigenvalue weighted by molar-refractivity contribution is -0.124. The van der Waals surface area contributed by atoms with E-state index in [0.717, 1.165) is 50.4 Å². The van der Waals surface area contributed by atoms with Gasteiger partial charge in [-0.3, -0.25) is 4.79 Å². The number of aromatic nitrogens is 3. The van der Waals surface area contributed by atoms with Gasteiger partial charge in [0.2, 0.25) is 11.7 Å². The molecule has 3 aliphatic rings. The van der Waals surface area contributed by atoms with Gasteiger partial charge < -0.3 is 18.6 Å². The van der Waals surface area contributed by atoms with Crippen LogP contribution < -0.4 is 0 Å². The Kier molecular flexibility index (Phi) is 4.45. The molecule has 1 spiro atoms. The van der Waals surface area contributed by atoms with Crippen molar-refractivity contribution in [3.63, 3.8) is 0 Å². The predicted molar refractivity (Wildman–Crippen MR) is 97.8 cm³/mol. The molecule has 2 aromatic rings. The van der Waals surface area contributed by atoms with Crippen LogP contribution in [0.5, 0.6) is 0 Å². The van der Waals surface area contributed by atoms with Crippen molar-refractivity contribution in [3.05, 3.63) is 29.6 Å². The average molecular weight is 386 g/mol. The van der Waals surface area contributed by atoms with Gasteiger partial charge in [0.15, 0.2) is 12.2 Å². The minimum atomic E-state index is -0.143. The van der Waals surface area contributed by atoms with E-state index in [1.165, 1.54) is 19.2 Å². The van der Waals surface area contributed by atoms with Crippen LogP contribution in [-0.2, 0) is 11.2 Å². The Morgan fingerprint density at radius 2 is 2.11 bits per heavy atom. The molecular weight excluding hydrogens is 360 g/mol. The van der Waals surface area contributed by atoms with Gasteiger partial charge >= 0.3 is 0 Å². The van der Waals surface area contributed by atoms with Crippen molar-refractivity contribution < 1.29 is 18.5 Å². The standard InChI is InChI=1S/C20H26N4O4/c1-13-17(26-12-21-13)19(25)24-7-5-20(6-8-24)11-14(4-9-27-20)10-16-22-18(23-28-16)15-2-3-15/h12,14-15H,2-11H2,1H3. The maximum atomic E-state index is 12.6. The Hall–Kier alpha value is -2.22. The number of hydrogen-bond acceptors (Lipinski definition) is 7. The lowest BCUT2D eigenvalue weighted by Gasteiger charge is -2.46. The highest BCUT2D eigenvalue weighted by molar-refractivity contribution is 5.92. The van der Waals surface area contributed by atoms with E-state index in [2.05, 4.69) is 15.1 Å². The van der Waals surface area contributed by atoms with Crippen molar-refractivity contribution in [2.75, 3.05) is 19.7 Å². The maximum absolute atomic E-state index is 12.6. The van der Waals surface area contributed by atoms with Crippen LogP contribution >= 0.6 is 0 Å². The van der Waals surface area contributed by atoms with E-state index in [4.69, 9.17) is 13.7 Å². The zero-order valence-corrected chi connectivity index (χ0v) is 16.2. The second-order valence-electron chi connectivity index (χ2n) is 8.47. The molecule has 0 aromatic carbocycles. The Bertz CT molecular complexity index is 848. The van der Waals surface area contributed by atoms with Gasteiger partial charge in [-0.15, -0.1) is 0 Å². The number of piperidine rings is 1. The van der Waals surface area contributed by atoms with Crippen LogP contribution in [0.25, 0.3) is 0 Å². The number of oxazole rings is 1. The van der Waals surface area contributed by atoms with E-state index in [0.29, 0.717) is 36.4 Å². The molecule has 0 bridgehead atoms. The van der Waals surface area contributed by atoms with Crippen molar-refractivity contribution >= 4 is 5.91 Å². The van der Waals surface area contributed by atoms with Crippen LogP contribution in [0.1, 0.15) is 72.4 Å². The monoisotopic (exact) mass is 386 g/mol. The van der Waals surface area contributed by atoms with Gasteiger partial charge in [-0.05, 0) is 51.4 Å². The average Bonchev–Trinajstić information content (AvgIpc) is 3.30. The lowest BCUT2D eigenvalue weighted by atomic mass is 9.78. The number of aryl methyl sites for hydroxylation is 1. The van der Waals surface area contributed by atoms with Crippen molar-refractivity contribution in [2.45, 2.75) is 63.4 Å². The molecule has 2 aliphatic heterocycles. The zero-order chi connectivity index (χ0) is 19.1. The minimum absolute atomic E-state index is 0.0734. The first kappa shape index (κ1) is 17.8. The zero-order valence-electron chi connectivity index (χ0n) is 16.2. The molecule has 5 rings (SSSR count). The Morgan fingerprint density at radius 3 is 2.82 bits per heavy atom. The third-order valence-electron chi connectivity index (χ3n) is 6.39. The molecule has 1 amide bonds. The molecule has 0 N–H and O–H groups in total. The lowest BCUT2D eigenvalue weighted by Crippen LogP contribution is -2.51. The molecule has 8 heteroatoms. The molecule has 1 atom stereocenters. The number of rotatable bonds is 4. The van der Waals surface area contributed by atoms with Gasteiger partial charge in [-0.25, -0.2) is 4.98 Å². The van der Waals surface area contributed by atoms with Crippen LogP contribution in [0.2, 0.25) is 0 Å². The second-order valence-corrected chi connectivity index (χ2v) is 8.47. The third kappa shape index (κ3) is 3.45. The summed E-state index contributed by atoms with van der Waals surface area (Å²) in [4.78, 5) is 23.1. The fourth-order valence-corrected chi connectivity index (χ4v) is 4.53. The predicted octanol–water partition coefficient (Wildman–Crippen LogP) is 2.89. The van der Waals surface area contributed by atoms with E-state index < -0.39 is 0 Å². The molecule has 28 heavy (non-hydrogen) atoms. The largest absolute Gasteiger partial charge is 0.438 e. The molecule has 2 saturated heterocycles. The first-order chi connectivity index (χ1) is 13.6. The Labute approximate surface area is 163 Å². The summed E-state index contributed by atoms with van der Waals surface area (Å²) in [5.74, 6) is 2.93. The number of ether oxygens (including phenoxy) is 1. The molecule has 2 aromatic heterocycles. The molecule has 3 fully saturated rings. The smallest absolute Gasteiger partial charge is 0.291 e. The second kappa shape index (κ2) is 6.99. The molecule has 150 valence electrons. The highest BCUT2D eigenvalue weighted by Crippen LogP contribution is 2.40. The van der Waals surface area contributed by atoms with Crippen LogP contribution in [0.15, 0.2) is 15.3 Å². The molecule has 1 aliphatic carbocycles. The summed E-state index contributed by atoms with van der Waals surface area (Å²) in [7, 11) is 0. The summed E-state index contributed by atoms with van der Waals surface area (Å²) in [6.45, 7) is 3.91. The minimum Gasteiger partial charge on any atom is -0.438 e. The number of likely N-dealkylation sites (tertiary alicyclic amines) is 1. The van der Waals surface area contributed by atoms with Crippen molar-refractivity contribution in [3.8, 4) is 0 Å². The number of carbonyl (C=O) groups is 1. The Balaban J connectivity index is 1.19. The first-order valence-corrected chi connectivity index (χ1v) is 10.3. The number of hydrogen-bond donors (Lipinski definition) is 0. The van der Waals surface area contributed by atoms with Crippen LogP contribution in [0.3, 0.4) is 0 Å². The van der Waals surface area contributed by atoms with Gasteiger partial charge in [-0.1, -0.05) is 5.16 Å². The summed E-state index contributed by atoms with van der Waals surface area (Å²) < 4.78 is 17.0. The summed E-state index contributed by atoms with van der Waals surface area (Å²) in [5, 5.41) is 4.13. The van der Waals surface area contributed by atoms with Gasteiger partial charge in [0.05, 0.1) is 11.3 Å². The summed E-state index contributed by atoms with van der Waals surface area (Å²) in [6, 6.07) is 0. The van der Waals surface area contributed by atoms with Crippen LogP contribution in [0.4, 0.5) is 0 Å². The molecule has 4 heterocycles. The number of amides is 1. The Morgan fingerprint density at radius 1 is 1.29 bits per heavy atom.